The first kappa shape index (κ1) is 15.2. The second kappa shape index (κ2) is 9.16. The molecule has 1 rings (SSSR count). The minimum Gasteiger partial charge on any atom is -0.307 e. The maximum Gasteiger partial charge on any atom is 0.0319 e. The van der Waals surface area contributed by atoms with Gasteiger partial charge in [0.15, 0.2) is 0 Å². The van der Waals surface area contributed by atoms with Gasteiger partial charge in [-0.3, -0.25) is 0 Å². The van der Waals surface area contributed by atoms with Crippen LogP contribution in [0.25, 0.3) is 0 Å². The van der Waals surface area contributed by atoms with Gasteiger partial charge in [0, 0.05) is 12.1 Å². The van der Waals surface area contributed by atoms with Crippen LogP contribution in [-0.4, -0.2) is 6.04 Å². The highest BCUT2D eigenvalue weighted by atomic mass is 14.9. The van der Waals surface area contributed by atoms with Crippen LogP contribution in [0, 0.1) is 0 Å². The molecule has 0 amide bonds. The standard InChI is InChI=1S/C17H29N/c1-4-6-7-9-12-15(3)18-17(5-2)16-13-10-8-11-14-16/h8,10-11,13-15,17-18H,4-7,9,12H2,1-3H3. The topological polar surface area (TPSA) is 12.0 Å². The normalized spacial score (nSPS) is 14.4. The summed E-state index contributed by atoms with van der Waals surface area (Å²) in [6.45, 7) is 6.84. The zero-order valence-electron chi connectivity index (χ0n) is 12.3. The van der Waals surface area contributed by atoms with E-state index in [0.717, 1.165) is 6.42 Å². The number of benzene rings is 1. The third-order valence-electron chi connectivity index (χ3n) is 3.59. The first-order valence-corrected chi connectivity index (χ1v) is 7.58. The predicted molar refractivity (Wildman–Crippen MR) is 80.8 cm³/mol. The summed E-state index contributed by atoms with van der Waals surface area (Å²) < 4.78 is 0. The van der Waals surface area contributed by atoms with Gasteiger partial charge in [0.1, 0.15) is 0 Å². The van der Waals surface area contributed by atoms with Crippen LogP contribution in [0.2, 0.25) is 0 Å². The van der Waals surface area contributed by atoms with Crippen LogP contribution < -0.4 is 5.32 Å². The lowest BCUT2D eigenvalue weighted by Crippen LogP contribution is -2.30. The largest absolute Gasteiger partial charge is 0.307 e. The fourth-order valence-corrected chi connectivity index (χ4v) is 2.44. The minimum absolute atomic E-state index is 0.507. The highest BCUT2D eigenvalue weighted by molar-refractivity contribution is 5.18. The fraction of sp³-hybridized carbons (Fsp3) is 0.647. The van der Waals surface area contributed by atoms with Gasteiger partial charge in [0.2, 0.25) is 0 Å². The van der Waals surface area contributed by atoms with Crippen LogP contribution >= 0.6 is 0 Å². The smallest absolute Gasteiger partial charge is 0.0319 e. The van der Waals surface area contributed by atoms with Crippen molar-refractivity contribution in [3.05, 3.63) is 35.9 Å². The summed E-state index contributed by atoms with van der Waals surface area (Å²) in [6.07, 6.45) is 7.89. The average Bonchev–Trinajstić information content (AvgIpc) is 2.42. The zero-order valence-corrected chi connectivity index (χ0v) is 12.3. The van der Waals surface area contributed by atoms with Crippen molar-refractivity contribution < 1.29 is 0 Å². The van der Waals surface area contributed by atoms with Crippen LogP contribution in [0.15, 0.2) is 30.3 Å². The SMILES string of the molecule is CCCCCCC(C)NC(CC)c1ccccc1. The number of nitrogens with one attached hydrogen (secondary N) is 1. The molecule has 1 aromatic rings. The zero-order chi connectivity index (χ0) is 13.2. The number of unbranched alkanes of at least 4 members (excludes halogenated alkanes) is 3. The molecule has 0 radical (unpaired) electrons. The molecule has 0 saturated heterocycles. The predicted octanol–water partition coefficient (Wildman–Crippen LogP) is 5.09. The van der Waals surface area contributed by atoms with Gasteiger partial charge in [-0.25, -0.2) is 0 Å². The first-order valence-electron chi connectivity index (χ1n) is 7.58. The monoisotopic (exact) mass is 247 g/mol. The Bertz CT molecular complexity index is 294. The lowest BCUT2D eigenvalue weighted by atomic mass is 10.0. The van der Waals surface area contributed by atoms with Crippen LogP contribution in [0.1, 0.15) is 70.9 Å². The molecule has 0 aliphatic heterocycles. The molecule has 2 unspecified atom stereocenters. The minimum atomic E-state index is 0.507. The van der Waals surface area contributed by atoms with Gasteiger partial charge < -0.3 is 5.32 Å². The van der Waals surface area contributed by atoms with E-state index in [9.17, 15) is 0 Å². The third kappa shape index (κ3) is 5.68. The molecule has 0 spiro atoms. The highest BCUT2D eigenvalue weighted by Gasteiger charge is 2.11. The molecule has 0 aliphatic rings. The highest BCUT2D eigenvalue weighted by Crippen LogP contribution is 2.18. The molecule has 0 aromatic heterocycles. The molecule has 0 heterocycles. The van der Waals surface area contributed by atoms with Crippen molar-refractivity contribution in [3.8, 4) is 0 Å². The van der Waals surface area contributed by atoms with Crippen LogP contribution in [0.3, 0.4) is 0 Å². The third-order valence-corrected chi connectivity index (χ3v) is 3.59. The Morgan fingerprint density at radius 3 is 2.33 bits per heavy atom. The second-order valence-corrected chi connectivity index (χ2v) is 5.29. The van der Waals surface area contributed by atoms with Crippen molar-refractivity contribution in [2.75, 3.05) is 0 Å². The maximum atomic E-state index is 3.76. The van der Waals surface area contributed by atoms with E-state index in [-0.39, 0.29) is 0 Å². The molecule has 18 heavy (non-hydrogen) atoms. The summed E-state index contributed by atoms with van der Waals surface area (Å²) in [4.78, 5) is 0. The molecule has 0 saturated carbocycles. The average molecular weight is 247 g/mol. The number of hydrogen-bond acceptors (Lipinski definition) is 1. The summed E-state index contributed by atoms with van der Waals surface area (Å²) in [6, 6.07) is 11.9. The molecule has 0 fully saturated rings. The van der Waals surface area contributed by atoms with Crippen molar-refractivity contribution in [1.82, 2.24) is 5.32 Å². The van der Waals surface area contributed by atoms with E-state index in [1.807, 2.05) is 0 Å². The molecular weight excluding hydrogens is 218 g/mol. The Labute approximate surface area is 113 Å². The maximum absolute atomic E-state index is 3.76. The van der Waals surface area contributed by atoms with E-state index in [1.165, 1.54) is 37.7 Å². The summed E-state index contributed by atoms with van der Waals surface area (Å²) in [5.41, 5.74) is 1.42. The number of hydrogen-bond donors (Lipinski definition) is 1. The van der Waals surface area contributed by atoms with Crippen molar-refractivity contribution in [2.45, 2.75) is 71.4 Å². The van der Waals surface area contributed by atoms with E-state index >= 15 is 0 Å². The van der Waals surface area contributed by atoms with Crippen molar-refractivity contribution in [2.24, 2.45) is 0 Å². The summed E-state index contributed by atoms with van der Waals surface area (Å²) in [7, 11) is 0. The van der Waals surface area contributed by atoms with Gasteiger partial charge in [-0.2, -0.15) is 0 Å². The van der Waals surface area contributed by atoms with Crippen molar-refractivity contribution in [1.29, 1.82) is 0 Å². The lowest BCUT2D eigenvalue weighted by Gasteiger charge is -2.22. The van der Waals surface area contributed by atoms with Gasteiger partial charge in [0.25, 0.3) is 0 Å². The van der Waals surface area contributed by atoms with Gasteiger partial charge in [-0.15, -0.1) is 0 Å². The molecule has 0 aliphatic carbocycles. The van der Waals surface area contributed by atoms with Crippen LogP contribution in [0.5, 0.6) is 0 Å². The van der Waals surface area contributed by atoms with E-state index in [2.05, 4.69) is 56.4 Å². The molecule has 1 aromatic carbocycles. The summed E-state index contributed by atoms with van der Waals surface area (Å²) in [5, 5.41) is 3.76. The van der Waals surface area contributed by atoms with Crippen molar-refractivity contribution in [3.63, 3.8) is 0 Å². The molecule has 1 N–H and O–H groups in total. The molecular formula is C17H29N. The Hall–Kier alpha value is -0.820. The van der Waals surface area contributed by atoms with Gasteiger partial charge in [-0.1, -0.05) is 69.9 Å². The summed E-state index contributed by atoms with van der Waals surface area (Å²) in [5.74, 6) is 0. The summed E-state index contributed by atoms with van der Waals surface area (Å²) >= 11 is 0. The van der Waals surface area contributed by atoms with Crippen molar-refractivity contribution >= 4 is 0 Å². The molecule has 102 valence electrons. The Balaban J connectivity index is 2.34. The van der Waals surface area contributed by atoms with Crippen LogP contribution in [0.4, 0.5) is 0 Å². The number of rotatable bonds is 9. The van der Waals surface area contributed by atoms with Gasteiger partial charge in [0.05, 0.1) is 0 Å². The van der Waals surface area contributed by atoms with E-state index in [1.54, 1.807) is 0 Å². The molecule has 1 heteroatoms. The van der Waals surface area contributed by atoms with Gasteiger partial charge in [-0.05, 0) is 25.3 Å². The van der Waals surface area contributed by atoms with Crippen LogP contribution in [-0.2, 0) is 0 Å². The van der Waals surface area contributed by atoms with Gasteiger partial charge >= 0.3 is 0 Å². The van der Waals surface area contributed by atoms with E-state index in [0.29, 0.717) is 12.1 Å². The molecule has 2 atom stereocenters. The first-order chi connectivity index (χ1) is 8.77. The van der Waals surface area contributed by atoms with E-state index in [4.69, 9.17) is 0 Å². The quantitative estimate of drug-likeness (QED) is 0.600. The second-order valence-electron chi connectivity index (χ2n) is 5.29. The fourth-order valence-electron chi connectivity index (χ4n) is 2.44. The Kier molecular flexibility index (Phi) is 7.75. The Morgan fingerprint density at radius 1 is 1.00 bits per heavy atom. The Morgan fingerprint density at radius 2 is 1.72 bits per heavy atom. The van der Waals surface area contributed by atoms with E-state index < -0.39 is 0 Å². The molecule has 0 bridgehead atoms. The molecule has 1 nitrogen and oxygen atoms in total. The lowest BCUT2D eigenvalue weighted by molar-refractivity contribution is 0.413.